The van der Waals surface area contributed by atoms with Gasteiger partial charge in [-0.05, 0) is 19.1 Å². The van der Waals surface area contributed by atoms with Gasteiger partial charge >= 0.3 is 6.61 Å². The molecule has 0 atom stereocenters. The van der Waals surface area contributed by atoms with Crippen molar-refractivity contribution in [1.82, 2.24) is 10.2 Å². The fraction of sp³-hybridized carbons (Fsp3) is 0.118. The number of fused-ring (bicyclic) bond motifs is 1. The molecule has 3 rings (SSSR count). The SMILES string of the molecule is C/C(=N/Nc1nncc2ccccc12)c1ccccc1OC(F)F. The number of alkyl halides is 2. The quantitative estimate of drug-likeness (QED) is 0.566. The molecule has 5 nitrogen and oxygen atoms in total. The largest absolute Gasteiger partial charge is 0.434 e. The van der Waals surface area contributed by atoms with Gasteiger partial charge in [-0.15, -0.1) is 5.10 Å². The molecule has 7 heteroatoms. The van der Waals surface area contributed by atoms with Crippen molar-refractivity contribution in [1.29, 1.82) is 0 Å². The van der Waals surface area contributed by atoms with Crippen LogP contribution in [-0.2, 0) is 0 Å². The normalized spacial score (nSPS) is 11.8. The predicted molar refractivity (Wildman–Crippen MR) is 88.4 cm³/mol. The van der Waals surface area contributed by atoms with Gasteiger partial charge in [0.2, 0.25) is 0 Å². The Bertz CT molecular complexity index is 878. The lowest BCUT2D eigenvalue weighted by atomic mass is 10.1. The van der Waals surface area contributed by atoms with E-state index in [9.17, 15) is 8.78 Å². The minimum Gasteiger partial charge on any atom is -0.434 e. The van der Waals surface area contributed by atoms with Crippen LogP contribution in [0.3, 0.4) is 0 Å². The summed E-state index contributed by atoms with van der Waals surface area (Å²) in [7, 11) is 0. The van der Waals surface area contributed by atoms with Crippen molar-refractivity contribution in [2.75, 3.05) is 5.43 Å². The molecule has 0 bridgehead atoms. The van der Waals surface area contributed by atoms with Crippen LogP contribution in [-0.4, -0.2) is 22.5 Å². The Hall–Kier alpha value is -3.09. The Morgan fingerprint density at radius 2 is 1.88 bits per heavy atom. The molecular weight excluding hydrogens is 314 g/mol. The van der Waals surface area contributed by atoms with E-state index in [1.165, 1.54) is 6.07 Å². The van der Waals surface area contributed by atoms with Crippen LogP contribution in [0.5, 0.6) is 5.75 Å². The van der Waals surface area contributed by atoms with E-state index >= 15 is 0 Å². The van der Waals surface area contributed by atoms with Crippen LogP contribution >= 0.6 is 0 Å². The first-order chi connectivity index (χ1) is 11.6. The Morgan fingerprint density at radius 3 is 2.71 bits per heavy atom. The second-order valence-corrected chi connectivity index (χ2v) is 4.96. The Morgan fingerprint density at radius 1 is 1.12 bits per heavy atom. The Labute approximate surface area is 137 Å². The second-order valence-electron chi connectivity index (χ2n) is 4.96. The van der Waals surface area contributed by atoms with Gasteiger partial charge in [-0.3, -0.25) is 5.43 Å². The monoisotopic (exact) mass is 328 g/mol. The smallest absolute Gasteiger partial charge is 0.387 e. The molecule has 1 N–H and O–H groups in total. The van der Waals surface area contributed by atoms with E-state index in [2.05, 4.69) is 25.5 Å². The highest BCUT2D eigenvalue weighted by Crippen LogP contribution is 2.22. The van der Waals surface area contributed by atoms with E-state index in [4.69, 9.17) is 0 Å². The molecule has 0 amide bonds. The zero-order valence-corrected chi connectivity index (χ0v) is 12.8. The second kappa shape index (κ2) is 6.99. The van der Waals surface area contributed by atoms with Gasteiger partial charge in [-0.1, -0.05) is 36.4 Å². The highest BCUT2D eigenvalue weighted by atomic mass is 19.3. The molecule has 0 radical (unpaired) electrons. The maximum Gasteiger partial charge on any atom is 0.387 e. The van der Waals surface area contributed by atoms with Crippen molar-refractivity contribution < 1.29 is 13.5 Å². The summed E-state index contributed by atoms with van der Waals surface area (Å²) in [4.78, 5) is 0. The minimum absolute atomic E-state index is 0.0690. The summed E-state index contributed by atoms with van der Waals surface area (Å²) in [6.45, 7) is -1.20. The van der Waals surface area contributed by atoms with Crippen LogP contribution in [0.1, 0.15) is 12.5 Å². The van der Waals surface area contributed by atoms with Crippen LogP contribution in [0.15, 0.2) is 59.8 Å². The number of para-hydroxylation sites is 1. The van der Waals surface area contributed by atoms with Gasteiger partial charge in [0, 0.05) is 16.3 Å². The van der Waals surface area contributed by atoms with Crippen molar-refractivity contribution in [3.8, 4) is 5.75 Å². The van der Waals surface area contributed by atoms with Gasteiger partial charge in [0.25, 0.3) is 0 Å². The van der Waals surface area contributed by atoms with Crippen molar-refractivity contribution in [2.24, 2.45) is 5.10 Å². The van der Waals surface area contributed by atoms with Crippen LogP contribution in [0.2, 0.25) is 0 Å². The van der Waals surface area contributed by atoms with Gasteiger partial charge in [0.05, 0.1) is 11.9 Å². The van der Waals surface area contributed by atoms with E-state index in [0.29, 0.717) is 17.1 Å². The molecular formula is C17H14F2N4O. The zero-order valence-electron chi connectivity index (χ0n) is 12.8. The summed E-state index contributed by atoms with van der Waals surface area (Å²) >= 11 is 0. The van der Waals surface area contributed by atoms with Gasteiger partial charge in [0.15, 0.2) is 5.82 Å². The molecule has 2 aromatic carbocycles. The summed E-state index contributed by atoms with van der Waals surface area (Å²) in [6.07, 6.45) is 1.66. The van der Waals surface area contributed by atoms with Crippen molar-refractivity contribution in [3.63, 3.8) is 0 Å². The van der Waals surface area contributed by atoms with Crippen LogP contribution in [0.25, 0.3) is 10.8 Å². The molecule has 0 saturated carbocycles. The Balaban J connectivity index is 1.89. The molecule has 122 valence electrons. The number of ether oxygens (including phenoxy) is 1. The number of hydrogen-bond donors (Lipinski definition) is 1. The highest BCUT2D eigenvalue weighted by Gasteiger charge is 2.11. The predicted octanol–water partition coefficient (Wildman–Crippen LogP) is 4.07. The van der Waals surface area contributed by atoms with Crippen LogP contribution < -0.4 is 10.2 Å². The zero-order chi connectivity index (χ0) is 16.9. The lowest BCUT2D eigenvalue weighted by molar-refractivity contribution is -0.0499. The minimum atomic E-state index is -2.89. The third kappa shape index (κ3) is 3.45. The molecule has 0 spiro atoms. The molecule has 1 heterocycles. The molecule has 1 aromatic heterocycles. The lowest BCUT2D eigenvalue weighted by Gasteiger charge is -2.10. The summed E-state index contributed by atoms with van der Waals surface area (Å²) in [5.41, 5.74) is 3.80. The fourth-order valence-corrected chi connectivity index (χ4v) is 2.27. The number of rotatable bonds is 5. The van der Waals surface area contributed by atoms with E-state index in [1.807, 2.05) is 24.3 Å². The average molecular weight is 328 g/mol. The topological polar surface area (TPSA) is 59.4 Å². The number of benzene rings is 2. The molecule has 0 saturated heterocycles. The molecule has 0 fully saturated rings. The average Bonchev–Trinajstić information content (AvgIpc) is 2.59. The summed E-state index contributed by atoms with van der Waals surface area (Å²) in [5, 5.41) is 13.9. The third-order valence-corrected chi connectivity index (χ3v) is 3.39. The van der Waals surface area contributed by atoms with Gasteiger partial charge in [-0.25, -0.2) is 0 Å². The first kappa shape index (κ1) is 15.8. The molecule has 0 aliphatic heterocycles. The van der Waals surface area contributed by atoms with Crippen molar-refractivity contribution in [3.05, 3.63) is 60.3 Å². The molecule has 3 aromatic rings. The van der Waals surface area contributed by atoms with E-state index in [0.717, 1.165) is 10.8 Å². The van der Waals surface area contributed by atoms with Crippen LogP contribution in [0, 0.1) is 0 Å². The third-order valence-electron chi connectivity index (χ3n) is 3.39. The maximum absolute atomic E-state index is 12.5. The maximum atomic E-state index is 12.5. The summed E-state index contributed by atoms with van der Waals surface area (Å²) in [5.74, 6) is 0.555. The number of hydrazone groups is 1. The fourth-order valence-electron chi connectivity index (χ4n) is 2.27. The first-order valence-corrected chi connectivity index (χ1v) is 7.20. The van der Waals surface area contributed by atoms with Crippen LogP contribution in [0.4, 0.5) is 14.6 Å². The van der Waals surface area contributed by atoms with Crippen molar-refractivity contribution >= 4 is 22.3 Å². The van der Waals surface area contributed by atoms with E-state index < -0.39 is 6.61 Å². The number of aromatic nitrogens is 2. The van der Waals surface area contributed by atoms with Gasteiger partial charge < -0.3 is 4.74 Å². The van der Waals surface area contributed by atoms with Gasteiger partial charge in [-0.2, -0.15) is 19.0 Å². The van der Waals surface area contributed by atoms with Crippen molar-refractivity contribution in [2.45, 2.75) is 13.5 Å². The standard InChI is InChI=1S/C17H14F2N4O/c1-11(13-7-4-5-9-15(13)24-17(18)19)21-23-16-14-8-3-2-6-12(14)10-20-22-16/h2-10,17H,1H3,(H,22,23)/b21-11-. The number of hydrogen-bond acceptors (Lipinski definition) is 5. The number of anilines is 1. The molecule has 0 aliphatic carbocycles. The molecule has 0 unspecified atom stereocenters. The number of halogens is 2. The van der Waals surface area contributed by atoms with Gasteiger partial charge in [0.1, 0.15) is 5.75 Å². The summed E-state index contributed by atoms with van der Waals surface area (Å²) in [6, 6.07) is 14.1. The Kier molecular flexibility index (Phi) is 4.60. The number of nitrogens with one attached hydrogen (secondary N) is 1. The lowest BCUT2D eigenvalue weighted by Crippen LogP contribution is -2.08. The van der Waals surface area contributed by atoms with E-state index in [-0.39, 0.29) is 5.75 Å². The van der Waals surface area contributed by atoms with E-state index in [1.54, 1.807) is 31.3 Å². The number of nitrogens with zero attached hydrogens (tertiary/aromatic N) is 3. The molecule has 0 aliphatic rings. The molecule has 24 heavy (non-hydrogen) atoms. The first-order valence-electron chi connectivity index (χ1n) is 7.20. The highest BCUT2D eigenvalue weighted by molar-refractivity contribution is 6.02. The summed E-state index contributed by atoms with van der Waals surface area (Å²) < 4.78 is 29.5.